The predicted octanol–water partition coefficient (Wildman–Crippen LogP) is 6.44. The van der Waals surface area contributed by atoms with Crippen LogP contribution >= 0.6 is 0 Å². The van der Waals surface area contributed by atoms with Crippen molar-refractivity contribution in [1.82, 2.24) is 19.6 Å². The van der Waals surface area contributed by atoms with E-state index in [4.69, 9.17) is 10.2 Å². The second-order valence-electron chi connectivity index (χ2n) is 8.44. The summed E-state index contributed by atoms with van der Waals surface area (Å²) in [5.74, 6) is 0. The fraction of sp³-hybridized carbons (Fsp3) is 0.0323. The third-order valence-corrected chi connectivity index (χ3v) is 6.40. The summed E-state index contributed by atoms with van der Waals surface area (Å²) < 4.78 is 3.87. The molecule has 0 aliphatic rings. The Labute approximate surface area is 204 Å². The molecule has 0 unspecified atom stereocenters. The van der Waals surface area contributed by atoms with Gasteiger partial charge in [0.1, 0.15) is 5.41 Å². The molecule has 0 N–H and O–H groups in total. The van der Waals surface area contributed by atoms with Crippen LogP contribution in [0.3, 0.4) is 0 Å². The third kappa shape index (κ3) is 3.65. The Morgan fingerprint density at radius 3 is 1.11 bits per heavy atom. The Balaban J connectivity index is 1.62. The lowest BCUT2D eigenvalue weighted by atomic mass is 9.69. The molecule has 168 valence electrons. The van der Waals surface area contributed by atoms with Gasteiger partial charge in [0, 0.05) is 12.4 Å². The molecular formula is C31H24N4. The highest BCUT2D eigenvalue weighted by Crippen LogP contribution is 2.43. The van der Waals surface area contributed by atoms with Crippen molar-refractivity contribution in [3.63, 3.8) is 0 Å². The number of hydrogen-bond acceptors (Lipinski definition) is 2. The summed E-state index contributed by atoms with van der Waals surface area (Å²) in [6.07, 6.45) is 4.05. The maximum Gasteiger partial charge on any atom is 0.108 e. The number of hydrogen-bond donors (Lipinski definition) is 0. The highest BCUT2D eigenvalue weighted by molar-refractivity contribution is 5.56. The Morgan fingerprint density at radius 2 is 0.743 bits per heavy atom. The van der Waals surface area contributed by atoms with E-state index in [1.807, 2.05) is 70.3 Å². The summed E-state index contributed by atoms with van der Waals surface area (Å²) in [6, 6.07) is 45.7. The molecule has 0 radical (unpaired) electrons. The summed E-state index contributed by atoms with van der Waals surface area (Å²) >= 11 is 0. The quantitative estimate of drug-likeness (QED) is 0.291. The molecule has 0 saturated heterocycles. The maximum atomic E-state index is 5.13. The minimum Gasteiger partial charge on any atom is -0.241 e. The van der Waals surface area contributed by atoms with Gasteiger partial charge in [-0.05, 0) is 47.5 Å². The van der Waals surface area contributed by atoms with Crippen LogP contribution < -0.4 is 0 Å². The molecule has 0 atom stereocenters. The lowest BCUT2D eigenvalue weighted by molar-refractivity contribution is 0.654. The number of para-hydroxylation sites is 2. The number of aromatic nitrogens is 4. The van der Waals surface area contributed by atoms with E-state index < -0.39 is 5.41 Å². The zero-order valence-corrected chi connectivity index (χ0v) is 19.1. The monoisotopic (exact) mass is 452 g/mol. The van der Waals surface area contributed by atoms with E-state index in [2.05, 4.69) is 84.9 Å². The van der Waals surface area contributed by atoms with Gasteiger partial charge in [0.2, 0.25) is 0 Å². The molecule has 2 heterocycles. The molecule has 0 saturated carbocycles. The summed E-state index contributed by atoms with van der Waals surface area (Å²) in [5, 5.41) is 10.3. The van der Waals surface area contributed by atoms with Crippen molar-refractivity contribution in [2.45, 2.75) is 5.41 Å². The van der Waals surface area contributed by atoms with E-state index in [1.54, 1.807) is 0 Å². The van der Waals surface area contributed by atoms with Gasteiger partial charge in [0.05, 0.1) is 22.8 Å². The molecule has 6 rings (SSSR count). The highest BCUT2D eigenvalue weighted by atomic mass is 15.3. The molecule has 4 aromatic carbocycles. The first kappa shape index (κ1) is 20.9. The molecule has 0 spiro atoms. The lowest BCUT2D eigenvalue weighted by Crippen LogP contribution is -2.32. The summed E-state index contributed by atoms with van der Waals surface area (Å²) in [7, 11) is 0. The van der Waals surface area contributed by atoms with E-state index in [-0.39, 0.29) is 0 Å². The van der Waals surface area contributed by atoms with Crippen LogP contribution in [0.2, 0.25) is 0 Å². The third-order valence-electron chi connectivity index (χ3n) is 6.40. The first-order valence-electron chi connectivity index (χ1n) is 11.7. The van der Waals surface area contributed by atoms with Gasteiger partial charge in [-0.15, -0.1) is 0 Å². The van der Waals surface area contributed by atoms with Gasteiger partial charge in [0.25, 0.3) is 0 Å². The molecular weight excluding hydrogens is 428 g/mol. The molecule has 4 heteroatoms. The summed E-state index contributed by atoms with van der Waals surface area (Å²) in [6.45, 7) is 0. The smallest absolute Gasteiger partial charge is 0.108 e. The topological polar surface area (TPSA) is 35.6 Å². The van der Waals surface area contributed by atoms with Gasteiger partial charge in [-0.2, -0.15) is 10.2 Å². The van der Waals surface area contributed by atoms with Gasteiger partial charge < -0.3 is 0 Å². The normalized spacial score (nSPS) is 11.4. The molecule has 2 aromatic heterocycles. The van der Waals surface area contributed by atoms with Crippen LogP contribution in [-0.4, -0.2) is 19.6 Å². The Bertz CT molecular complexity index is 1400. The second kappa shape index (κ2) is 8.92. The fourth-order valence-corrected chi connectivity index (χ4v) is 4.76. The van der Waals surface area contributed by atoms with Crippen LogP contribution in [0.5, 0.6) is 0 Å². The van der Waals surface area contributed by atoms with E-state index in [1.165, 1.54) is 0 Å². The van der Waals surface area contributed by atoms with Crippen molar-refractivity contribution in [3.05, 3.63) is 168 Å². The molecule has 0 bridgehead atoms. The molecule has 35 heavy (non-hydrogen) atoms. The SMILES string of the molecule is c1ccc(-n2ccc(C(c3ccccc3)(c3ccccc3)c3ccn(-c4ccccc4)n3)n2)cc1. The first-order chi connectivity index (χ1) is 17.4. The fourth-order valence-electron chi connectivity index (χ4n) is 4.76. The lowest BCUT2D eigenvalue weighted by Gasteiger charge is -2.32. The van der Waals surface area contributed by atoms with Crippen LogP contribution in [0, 0.1) is 0 Å². The molecule has 6 aromatic rings. The van der Waals surface area contributed by atoms with Gasteiger partial charge >= 0.3 is 0 Å². The van der Waals surface area contributed by atoms with Gasteiger partial charge in [-0.3, -0.25) is 0 Å². The minimum atomic E-state index is -0.692. The van der Waals surface area contributed by atoms with Crippen LogP contribution in [0.1, 0.15) is 22.5 Å². The van der Waals surface area contributed by atoms with Crippen molar-refractivity contribution < 1.29 is 0 Å². The highest BCUT2D eigenvalue weighted by Gasteiger charge is 2.42. The van der Waals surface area contributed by atoms with Crippen molar-refractivity contribution in [3.8, 4) is 11.4 Å². The second-order valence-corrected chi connectivity index (χ2v) is 8.44. The Hall–Kier alpha value is -4.70. The molecule has 0 fully saturated rings. The van der Waals surface area contributed by atoms with Crippen molar-refractivity contribution >= 4 is 0 Å². The van der Waals surface area contributed by atoms with E-state index >= 15 is 0 Å². The minimum absolute atomic E-state index is 0.692. The molecule has 0 amide bonds. The first-order valence-corrected chi connectivity index (χ1v) is 11.7. The molecule has 4 nitrogen and oxygen atoms in total. The van der Waals surface area contributed by atoms with Crippen molar-refractivity contribution in [2.75, 3.05) is 0 Å². The maximum absolute atomic E-state index is 5.13. The van der Waals surface area contributed by atoms with Crippen LogP contribution in [0.25, 0.3) is 11.4 Å². The van der Waals surface area contributed by atoms with Crippen molar-refractivity contribution in [1.29, 1.82) is 0 Å². The zero-order valence-electron chi connectivity index (χ0n) is 19.1. The van der Waals surface area contributed by atoms with E-state index in [9.17, 15) is 0 Å². The molecule has 0 aliphatic carbocycles. The van der Waals surface area contributed by atoms with Gasteiger partial charge in [0.15, 0.2) is 0 Å². The number of benzene rings is 4. The van der Waals surface area contributed by atoms with E-state index in [0.29, 0.717) is 0 Å². The van der Waals surface area contributed by atoms with Crippen LogP contribution in [-0.2, 0) is 5.41 Å². The van der Waals surface area contributed by atoms with Crippen molar-refractivity contribution in [2.24, 2.45) is 0 Å². The largest absolute Gasteiger partial charge is 0.241 e. The van der Waals surface area contributed by atoms with Crippen LogP contribution in [0.4, 0.5) is 0 Å². The van der Waals surface area contributed by atoms with E-state index in [0.717, 1.165) is 33.9 Å². The Kier molecular flexibility index (Phi) is 5.32. The van der Waals surface area contributed by atoms with Gasteiger partial charge in [-0.1, -0.05) is 97.1 Å². The zero-order chi connectivity index (χ0) is 23.5. The van der Waals surface area contributed by atoms with Crippen LogP contribution in [0.15, 0.2) is 146 Å². The number of nitrogens with zero attached hydrogens (tertiary/aromatic N) is 4. The summed E-state index contributed by atoms with van der Waals surface area (Å²) in [5.41, 5.74) is 5.40. The molecule has 0 aliphatic heterocycles. The van der Waals surface area contributed by atoms with Gasteiger partial charge in [-0.25, -0.2) is 9.36 Å². The predicted molar refractivity (Wildman–Crippen MR) is 139 cm³/mol. The standard InChI is InChI=1S/C31H24N4/c1-5-13-25(14-6-1)31(26-15-7-2-8-16-26,29-21-23-34(32-29)27-17-9-3-10-18-27)30-22-24-35(33-30)28-19-11-4-12-20-28/h1-24H. The average Bonchev–Trinajstić information content (AvgIpc) is 3.63. The Morgan fingerprint density at radius 1 is 0.400 bits per heavy atom. The number of rotatable bonds is 6. The average molecular weight is 453 g/mol. The summed E-state index contributed by atoms with van der Waals surface area (Å²) in [4.78, 5) is 0.